The van der Waals surface area contributed by atoms with E-state index in [2.05, 4.69) is 10.00 Å². The number of aromatic nitrogens is 2. The first-order valence-electron chi connectivity index (χ1n) is 7.30. The first kappa shape index (κ1) is 13.1. The van der Waals surface area contributed by atoms with E-state index in [1.54, 1.807) is 0 Å². The van der Waals surface area contributed by atoms with Crippen molar-refractivity contribution in [2.45, 2.75) is 43.9 Å². The number of piperidine rings is 1. The van der Waals surface area contributed by atoms with E-state index in [0.29, 0.717) is 0 Å². The number of hydrogen-bond donors (Lipinski definition) is 1. The topological polar surface area (TPSA) is 50.5 Å². The monoisotopic (exact) mass is 265 g/mol. The van der Waals surface area contributed by atoms with Crippen molar-refractivity contribution in [1.29, 1.82) is 0 Å². The van der Waals surface area contributed by atoms with Crippen molar-refractivity contribution in [1.82, 2.24) is 14.7 Å². The Morgan fingerprint density at radius 3 is 2.84 bits per heavy atom. The molecule has 1 spiro atoms. The Kier molecular flexibility index (Phi) is 3.86. The van der Waals surface area contributed by atoms with E-state index in [9.17, 15) is 5.11 Å². The van der Waals surface area contributed by atoms with Crippen LogP contribution in [0.25, 0.3) is 0 Å². The highest BCUT2D eigenvalue weighted by molar-refractivity contribution is 4.95. The van der Waals surface area contributed by atoms with Crippen molar-refractivity contribution < 1.29 is 9.84 Å². The molecule has 0 amide bonds. The van der Waals surface area contributed by atoms with Gasteiger partial charge >= 0.3 is 0 Å². The van der Waals surface area contributed by atoms with Gasteiger partial charge in [-0.3, -0.25) is 4.68 Å². The molecule has 3 rings (SSSR count). The third-order valence-electron chi connectivity index (χ3n) is 4.53. The van der Waals surface area contributed by atoms with Crippen LogP contribution in [0.2, 0.25) is 0 Å². The van der Waals surface area contributed by atoms with Gasteiger partial charge in [-0.05, 0) is 31.7 Å². The molecule has 2 aliphatic heterocycles. The summed E-state index contributed by atoms with van der Waals surface area (Å²) in [6.45, 7) is 4.79. The Bertz CT molecular complexity index is 385. The second-order valence-corrected chi connectivity index (χ2v) is 5.68. The quantitative estimate of drug-likeness (QED) is 0.882. The van der Waals surface area contributed by atoms with Crippen LogP contribution in [0.5, 0.6) is 0 Å². The summed E-state index contributed by atoms with van der Waals surface area (Å²) in [5.41, 5.74) is -0.250. The molecule has 0 saturated carbocycles. The van der Waals surface area contributed by atoms with E-state index >= 15 is 0 Å². The van der Waals surface area contributed by atoms with Gasteiger partial charge in [0.25, 0.3) is 0 Å². The molecule has 2 aliphatic rings. The van der Waals surface area contributed by atoms with Crippen LogP contribution in [0.15, 0.2) is 18.5 Å². The van der Waals surface area contributed by atoms with E-state index in [-0.39, 0.29) is 11.7 Å². The number of aliphatic hydroxyl groups excluding tert-OH is 1. The third-order valence-corrected chi connectivity index (χ3v) is 4.53. The van der Waals surface area contributed by atoms with Crippen LogP contribution in [0.3, 0.4) is 0 Å². The number of likely N-dealkylation sites (tertiary alicyclic amines) is 1. The molecule has 0 aromatic carbocycles. The predicted octanol–water partition coefficient (Wildman–Crippen LogP) is 0.889. The van der Waals surface area contributed by atoms with Crippen LogP contribution in [-0.4, -0.2) is 57.7 Å². The predicted molar refractivity (Wildman–Crippen MR) is 71.8 cm³/mol. The largest absolute Gasteiger partial charge is 0.390 e. The van der Waals surface area contributed by atoms with Gasteiger partial charge in [-0.15, -0.1) is 0 Å². The highest BCUT2D eigenvalue weighted by Gasteiger charge is 2.43. The smallest absolute Gasteiger partial charge is 0.0964 e. The minimum absolute atomic E-state index is 0.250. The minimum Gasteiger partial charge on any atom is -0.390 e. The molecule has 0 bridgehead atoms. The SMILES string of the molecule is OC1CCCOC12CCN(CCn1cccn1)CC2. The van der Waals surface area contributed by atoms with Crippen molar-refractivity contribution >= 4 is 0 Å². The van der Waals surface area contributed by atoms with E-state index in [1.165, 1.54) is 0 Å². The summed E-state index contributed by atoms with van der Waals surface area (Å²) >= 11 is 0. The molecule has 1 atom stereocenters. The Labute approximate surface area is 114 Å². The third kappa shape index (κ3) is 2.83. The zero-order chi connectivity index (χ0) is 13.1. The molecule has 2 fully saturated rings. The highest BCUT2D eigenvalue weighted by atomic mass is 16.5. The zero-order valence-corrected chi connectivity index (χ0v) is 11.4. The fourth-order valence-corrected chi connectivity index (χ4v) is 3.22. The molecule has 1 unspecified atom stereocenters. The molecule has 19 heavy (non-hydrogen) atoms. The number of ether oxygens (including phenoxy) is 1. The average Bonchev–Trinajstić information content (AvgIpc) is 2.95. The molecule has 1 N–H and O–H groups in total. The van der Waals surface area contributed by atoms with Gasteiger partial charge in [0.1, 0.15) is 0 Å². The fourth-order valence-electron chi connectivity index (χ4n) is 3.22. The van der Waals surface area contributed by atoms with Crippen LogP contribution in [0.4, 0.5) is 0 Å². The van der Waals surface area contributed by atoms with Gasteiger partial charge in [-0.2, -0.15) is 5.10 Å². The van der Waals surface area contributed by atoms with Crippen molar-refractivity contribution in [2.75, 3.05) is 26.2 Å². The van der Waals surface area contributed by atoms with Gasteiger partial charge < -0.3 is 14.7 Å². The molecule has 106 valence electrons. The van der Waals surface area contributed by atoms with Crippen LogP contribution in [0, 0.1) is 0 Å². The fraction of sp³-hybridized carbons (Fsp3) is 0.786. The van der Waals surface area contributed by atoms with Crippen molar-refractivity contribution in [2.24, 2.45) is 0 Å². The first-order valence-corrected chi connectivity index (χ1v) is 7.30. The van der Waals surface area contributed by atoms with E-state index in [0.717, 1.165) is 58.5 Å². The molecule has 5 heteroatoms. The van der Waals surface area contributed by atoms with Gasteiger partial charge in [0.2, 0.25) is 0 Å². The van der Waals surface area contributed by atoms with Crippen molar-refractivity contribution in [3.8, 4) is 0 Å². The molecular weight excluding hydrogens is 242 g/mol. The van der Waals surface area contributed by atoms with Crippen LogP contribution in [-0.2, 0) is 11.3 Å². The van der Waals surface area contributed by atoms with E-state index in [4.69, 9.17) is 4.74 Å². The van der Waals surface area contributed by atoms with E-state index in [1.807, 2.05) is 23.1 Å². The summed E-state index contributed by atoms with van der Waals surface area (Å²) in [5, 5.41) is 14.4. The maximum Gasteiger partial charge on any atom is 0.0964 e. The average molecular weight is 265 g/mol. The van der Waals surface area contributed by atoms with Gasteiger partial charge in [-0.25, -0.2) is 0 Å². The molecule has 3 heterocycles. The lowest BCUT2D eigenvalue weighted by Gasteiger charge is -2.46. The Hall–Kier alpha value is -0.910. The lowest BCUT2D eigenvalue weighted by Crippen LogP contribution is -2.55. The molecule has 0 aliphatic carbocycles. The molecule has 1 aromatic rings. The Balaban J connectivity index is 1.49. The number of aliphatic hydroxyl groups is 1. The zero-order valence-electron chi connectivity index (χ0n) is 11.4. The van der Waals surface area contributed by atoms with Gasteiger partial charge in [0, 0.05) is 38.6 Å². The van der Waals surface area contributed by atoms with Gasteiger partial charge in [-0.1, -0.05) is 0 Å². The van der Waals surface area contributed by atoms with E-state index < -0.39 is 0 Å². The summed E-state index contributed by atoms with van der Waals surface area (Å²) in [6.07, 6.45) is 7.34. The molecule has 2 saturated heterocycles. The lowest BCUT2D eigenvalue weighted by molar-refractivity contribution is -0.176. The van der Waals surface area contributed by atoms with Crippen LogP contribution in [0.1, 0.15) is 25.7 Å². The summed E-state index contributed by atoms with van der Waals surface area (Å²) < 4.78 is 7.89. The van der Waals surface area contributed by atoms with Crippen LogP contribution < -0.4 is 0 Å². The van der Waals surface area contributed by atoms with Gasteiger partial charge in [0.05, 0.1) is 18.2 Å². The first-order chi connectivity index (χ1) is 9.28. The summed E-state index contributed by atoms with van der Waals surface area (Å²) in [7, 11) is 0. The maximum atomic E-state index is 10.2. The number of rotatable bonds is 3. The Morgan fingerprint density at radius 1 is 1.32 bits per heavy atom. The molecule has 0 radical (unpaired) electrons. The standard InChI is InChI=1S/C14H23N3O2/c18-13-3-1-12-19-14(13)4-8-16(9-5-14)10-11-17-7-2-6-15-17/h2,6-7,13,18H,1,3-5,8-12H2. The second-order valence-electron chi connectivity index (χ2n) is 5.68. The molecule has 5 nitrogen and oxygen atoms in total. The summed E-state index contributed by atoms with van der Waals surface area (Å²) in [4.78, 5) is 2.44. The van der Waals surface area contributed by atoms with Crippen molar-refractivity contribution in [3.05, 3.63) is 18.5 Å². The molecule has 1 aromatic heterocycles. The maximum absolute atomic E-state index is 10.2. The van der Waals surface area contributed by atoms with Gasteiger partial charge in [0.15, 0.2) is 0 Å². The normalized spacial score (nSPS) is 27.7. The minimum atomic E-state index is -0.269. The number of nitrogens with zero attached hydrogens (tertiary/aromatic N) is 3. The summed E-state index contributed by atoms with van der Waals surface area (Å²) in [6, 6.07) is 1.96. The number of hydrogen-bond acceptors (Lipinski definition) is 4. The summed E-state index contributed by atoms with van der Waals surface area (Å²) in [5.74, 6) is 0. The Morgan fingerprint density at radius 2 is 2.16 bits per heavy atom. The van der Waals surface area contributed by atoms with Crippen LogP contribution >= 0.6 is 0 Å². The second kappa shape index (κ2) is 5.61. The highest BCUT2D eigenvalue weighted by Crippen LogP contribution is 2.35. The van der Waals surface area contributed by atoms with Crippen molar-refractivity contribution in [3.63, 3.8) is 0 Å². The molecular formula is C14H23N3O2. The lowest BCUT2D eigenvalue weighted by atomic mass is 9.82.